The van der Waals surface area contributed by atoms with Gasteiger partial charge in [0, 0.05) is 67.1 Å². The number of sulfonamides is 1. The quantitative estimate of drug-likeness (QED) is 0.275. The summed E-state index contributed by atoms with van der Waals surface area (Å²) in [7, 11) is -3.29. The number of piperidine rings is 1. The van der Waals surface area contributed by atoms with Gasteiger partial charge in [-0.2, -0.15) is 0 Å². The summed E-state index contributed by atoms with van der Waals surface area (Å²) in [6.45, 7) is 8.33. The van der Waals surface area contributed by atoms with E-state index in [0.29, 0.717) is 44.2 Å². The van der Waals surface area contributed by atoms with E-state index < -0.39 is 15.3 Å². The van der Waals surface area contributed by atoms with Crippen LogP contribution in [0.25, 0.3) is 22.0 Å². The third kappa shape index (κ3) is 6.96. The van der Waals surface area contributed by atoms with Gasteiger partial charge >= 0.3 is 0 Å². The highest BCUT2D eigenvalue weighted by molar-refractivity contribution is 7.89. The molecule has 11 heteroatoms. The fourth-order valence-electron chi connectivity index (χ4n) is 6.08. The Balaban J connectivity index is 1.40. The van der Waals surface area contributed by atoms with E-state index in [-0.39, 0.29) is 24.1 Å². The Morgan fingerprint density at radius 3 is 2.65 bits per heavy atom. The minimum atomic E-state index is -3.29. The maximum absolute atomic E-state index is 12.9. The number of rotatable bonds is 11. The first kappa shape index (κ1) is 31.6. The summed E-state index contributed by atoms with van der Waals surface area (Å²) >= 11 is 5.24. The number of hydrogen-bond donors (Lipinski definition) is 3. The first-order chi connectivity index (χ1) is 20.6. The van der Waals surface area contributed by atoms with E-state index in [1.165, 1.54) is 0 Å². The number of hydrogen-bond acceptors (Lipinski definition) is 6. The van der Waals surface area contributed by atoms with Crippen molar-refractivity contribution in [2.45, 2.75) is 76.4 Å². The van der Waals surface area contributed by atoms with Crippen LogP contribution < -0.4 is 16.4 Å². The lowest BCUT2D eigenvalue weighted by Gasteiger charge is -2.33. The molecule has 2 saturated heterocycles. The van der Waals surface area contributed by atoms with Crippen molar-refractivity contribution in [3.63, 3.8) is 0 Å². The van der Waals surface area contributed by atoms with E-state index in [2.05, 4.69) is 52.6 Å². The van der Waals surface area contributed by atoms with E-state index in [4.69, 9.17) is 22.7 Å². The van der Waals surface area contributed by atoms with Crippen LogP contribution in [0.5, 0.6) is 0 Å². The van der Waals surface area contributed by atoms with Gasteiger partial charge in [-0.15, -0.1) is 0 Å². The maximum atomic E-state index is 12.9. The fourth-order valence-corrected chi connectivity index (χ4v) is 7.52. The van der Waals surface area contributed by atoms with Crippen molar-refractivity contribution in [1.29, 1.82) is 0 Å². The summed E-state index contributed by atoms with van der Waals surface area (Å²) in [6, 6.07) is 14.1. The van der Waals surface area contributed by atoms with Crippen LogP contribution in [0.4, 0.5) is 0 Å². The van der Waals surface area contributed by atoms with E-state index >= 15 is 0 Å². The van der Waals surface area contributed by atoms with Crippen LogP contribution in [-0.4, -0.2) is 71.8 Å². The zero-order valence-electron chi connectivity index (χ0n) is 25.2. The van der Waals surface area contributed by atoms with Gasteiger partial charge in [0.1, 0.15) is 4.99 Å². The van der Waals surface area contributed by atoms with Crippen LogP contribution in [0.1, 0.15) is 63.6 Å². The van der Waals surface area contributed by atoms with Gasteiger partial charge in [-0.05, 0) is 62.8 Å². The molecule has 2 atom stereocenters. The van der Waals surface area contributed by atoms with E-state index in [1.807, 2.05) is 18.2 Å². The van der Waals surface area contributed by atoms with E-state index in [0.717, 1.165) is 52.4 Å². The zero-order valence-corrected chi connectivity index (χ0v) is 26.8. The molecule has 9 nitrogen and oxygen atoms in total. The van der Waals surface area contributed by atoms with Gasteiger partial charge in [-0.3, -0.25) is 4.79 Å². The van der Waals surface area contributed by atoms with Gasteiger partial charge in [0.25, 0.3) is 0 Å². The number of amides is 1. The molecule has 4 N–H and O–H groups in total. The Morgan fingerprint density at radius 1 is 1.19 bits per heavy atom. The van der Waals surface area contributed by atoms with Crippen LogP contribution in [0.3, 0.4) is 0 Å². The maximum Gasteiger partial charge on any atom is 0.237 e. The number of nitrogens with two attached hydrogens (primary N) is 1. The van der Waals surface area contributed by atoms with E-state index in [9.17, 15) is 13.2 Å². The van der Waals surface area contributed by atoms with Crippen molar-refractivity contribution in [3.8, 4) is 11.1 Å². The van der Waals surface area contributed by atoms with Crippen LogP contribution in [0.15, 0.2) is 48.7 Å². The molecule has 0 radical (unpaired) electrons. The molecule has 1 amide bonds. The van der Waals surface area contributed by atoms with Crippen molar-refractivity contribution in [2.75, 3.05) is 26.2 Å². The van der Waals surface area contributed by atoms with E-state index in [1.54, 1.807) is 18.2 Å². The minimum Gasteiger partial charge on any atom is -0.389 e. The summed E-state index contributed by atoms with van der Waals surface area (Å²) < 4.78 is 35.3. The molecule has 3 aromatic rings. The topological polar surface area (TPSA) is 119 Å². The molecule has 2 aliphatic rings. The summed E-state index contributed by atoms with van der Waals surface area (Å²) in [4.78, 5) is 13.3. The second-order valence-electron chi connectivity index (χ2n) is 11.9. The molecular formula is C32H43N5O4S2. The monoisotopic (exact) mass is 625 g/mol. The number of ether oxygens (including phenoxy) is 1. The number of nitrogens with zero attached hydrogens (tertiary/aromatic N) is 2. The lowest BCUT2D eigenvalue weighted by Crippen LogP contribution is -2.42. The molecule has 2 unspecified atom stereocenters. The third-order valence-electron chi connectivity index (χ3n) is 8.56. The summed E-state index contributed by atoms with van der Waals surface area (Å²) in [5.74, 6) is -0.0212. The number of carbonyl (C=O) groups excluding carboxylic acids is 1. The van der Waals surface area contributed by atoms with Crippen LogP contribution in [-0.2, 0) is 26.1 Å². The fraction of sp³-hybridized carbons (Fsp3) is 0.500. The number of benzene rings is 2. The Bertz CT molecular complexity index is 1580. The molecule has 3 heterocycles. The highest BCUT2D eigenvalue weighted by atomic mass is 32.2. The SMILES string of the molecule is CCCOC1CNC(C(=O)NCc2ccc3c(-c4cccc(C(N)=S)c4)cn(C4CCN(S(=O)(=O)C(C)C)CC4)c3c2)C1. The molecule has 1 aromatic heterocycles. The standard InChI is InChI=1S/C32H43N5O4S2/c1-4-14-41-26-17-29(34-19-26)32(38)35-18-22-8-9-27-28(23-6-5-7-24(16-23)31(33)42)20-37(30(27)15-22)25-10-12-36(13-11-25)43(39,40)21(2)3/h5-9,15-16,20-21,25-26,29,34H,4,10-14,17-19H2,1-3H3,(H2,33,42)(H,35,38). The molecule has 5 rings (SSSR count). The van der Waals surface area contributed by atoms with Gasteiger partial charge in [0.15, 0.2) is 0 Å². The smallest absolute Gasteiger partial charge is 0.237 e. The number of carbonyl (C=O) groups is 1. The molecule has 2 aromatic carbocycles. The molecule has 0 bridgehead atoms. The first-order valence-electron chi connectivity index (χ1n) is 15.2. The molecule has 0 spiro atoms. The molecule has 43 heavy (non-hydrogen) atoms. The van der Waals surface area contributed by atoms with Crippen molar-refractivity contribution in [1.82, 2.24) is 19.5 Å². The van der Waals surface area contributed by atoms with Crippen LogP contribution in [0, 0.1) is 0 Å². The van der Waals surface area contributed by atoms with Gasteiger partial charge < -0.3 is 25.7 Å². The van der Waals surface area contributed by atoms with Gasteiger partial charge in [0.2, 0.25) is 15.9 Å². The van der Waals surface area contributed by atoms with Gasteiger partial charge in [0.05, 0.1) is 17.4 Å². The second-order valence-corrected chi connectivity index (χ2v) is 14.8. The van der Waals surface area contributed by atoms with Crippen molar-refractivity contribution in [3.05, 3.63) is 59.8 Å². The van der Waals surface area contributed by atoms with Gasteiger partial charge in [-0.1, -0.05) is 49.5 Å². The van der Waals surface area contributed by atoms with Crippen molar-refractivity contribution in [2.24, 2.45) is 5.73 Å². The second kappa shape index (κ2) is 13.4. The summed E-state index contributed by atoms with van der Waals surface area (Å²) in [6.07, 6.45) is 5.31. The molecule has 2 fully saturated rings. The summed E-state index contributed by atoms with van der Waals surface area (Å²) in [5.41, 5.74) is 10.9. The predicted molar refractivity (Wildman–Crippen MR) is 175 cm³/mol. The molecule has 2 aliphatic heterocycles. The number of thiocarbonyl (C=S) groups is 1. The largest absolute Gasteiger partial charge is 0.389 e. The predicted octanol–water partition coefficient (Wildman–Crippen LogP) is 4.09. The average Bonchev–Trinajstić information content (AvgIpc) is 3.64. The van der Waals surface area contributed by atoms with Crippen LogP contribution in [0.2, 0.25) is 0 Å². The van der Waals surface area contributed by atoms with Crippen molar-refractivity contribution < 1.29 is 17.9 Å². The zero-order chi connectivity index (χ0) is 30.7. The number of aromatic nitrogens is 1. The Labute approximate surface area is 260 Å². The third-order valence-corrected chi connectivity index (χ3v) is 11.1. The summed E-state index contributed by atoms with van der Waals surface area (Å²) in [5, 5.41) is 7.04. The normalized spacial score (nSPS) is 20.2. The average molecular weight is 626 g/mol. The first-order valence-corrected chi connectivity index (χ1v) is 17.1. The lowest BCUT2D eigenvalue weighted by molar-refractivity contribution is -0.123. The Morgan fingerprint density at radius 2 is 1.95 bits per heavy atom. The van der Waals surface area contributed by atoms with Crippen molar-refractivity contribution >= 4 is 44.0 Å². The molecule has 232 valence electrons. The van der Waals surface area contributed by atoms with Crippen LogP contribution >= 0.6 is 12.2 Å². The molecular weight excluding hydrogens is 583 g/mol. The molecule has 0 saturated carbocycles. The Hall–Kier alpha value is -2.83. The number of fused-ring (bicyclic) bond motifs is 1. The number of nitrogens with one attached hydrogen (secondary N) is 2. The highest BCUT2D eigenvalue weighted by Gasteiger charge is 2.32. The lowest BCUT2D eigenvalue weighted by atomic mass is 10.0. The Kier molecular flexibility index (Phi) is 9.87. The van der Waals surface area contributed by atoms with Gasteiger partial charge in [-0.25, -0.2) is 12.7 Å². The highest BCUT2D eigenvalue weighted by Crippen LogP contribution is 2.37. The molecule has 0 aliphatic carbocycles. The minimum absolute atomic E-state index is 0.0212.